The van der Waals surface area contributed by atoms with Gasteiger partial charge in [0.2, 0.25) is 0 Å². The van der Waals surface area contributed by atoms with Crippen molar-refractivity contribution in [3.63, 3.8) is 0 Å². The molecule has 140 valence electrons. The first-order chi connectivity index (χ1) is 12.7. The Kier molecular flexibility index (Phi) is 4.61. The van der Waals surface area contributed by atoms with Gasteiger partial charge in [0, 0.05) is 49.5 Å². The van der Waals surface area contributed by atoms with Gasteiger partial charge in [-0.2, -0.15) is 0 Å². The molecule has 7 heteroatoms. The van der Waals surface area contributed by atoms with Crippen LogP contribution in [0.1, 0.15) is 34.0 Å². The Morgan fingerprint density at radius 2 is 1.67 bits per heavy atom. The van der Waals surface area contributed by atoms with E-state index in [2.05, 4.69) is 4.98 Å². The lowest BCUT2D eigenvalue weighted by atomic mass is 9.84. The van der Waals surface area contributed by atoms with Crippen LogP contribution in [0.2, 0.25) is 0 Å². The van der Waals surface area contributed by atoms with Crippen LogP contribution in [0.4, 0.5) is 0 Å². The number of hydrogen-bond acceptors (Lipinski definition) is 5. The summed E-state index contributed by atoms with van der Waals surface area (Å²) in [7, 11) is 3.21. The number of aromatic nitrogens is 3. The van der Waals surface area contributed by atoms with Gasteiger partial charge in [-0.25, -0.2) is 0 Å². The molecule has 0 fully saturated rings. The highest BCUT2D eigenvalue weighted by atomic mass is 16.3. The molecule has 0 saturated heterocycles. The van der Waals surface area contributed by atoms with Crippen molar-refractivity contribution in [2.45, 2.75) is 19.8 Å². The molecule has 0 bridgehead atoms. The van der Waals surface area contributed by atoms with Crippen molar-refractivity contribution in [1.82, 2.24) is 14.1 Å². The molecule has 7 nitrogen and oxygen atoms in total. The molecule has 3 heterocycles. The molecule has 1 atom stereocenters. The molecular weight excluding hydrogens is 346 g/mol. The third-order valence-electron chi connectivity index (χ3n) is 5.04. The maximum atomic E-state index is 13.0. The zero-order valence-electron chi connectivity index (χ0n) is 15.6. The van der Waals surface area contributed by atoms with E-state index in [1.807, 2.05) is 0 Å². The molecular formula is C20H21N3O4. The van der Waals surface area contributed by atoms with Crippen molar-refractivity contribution in [3.8, 4) is 11.5 Å². The summed E-state index contributed by atoms with van der Waals surface area (Å²) in [6.45, 7) is 3.41. The zero-order valence-corrected chi connectivity index (χ0v) is 15.6. The molecule has 3 aromatic heterocycles. The summed E-state index contributed by atoms with van der Waals surface area (Å²) in [5.74, 6) is -1.19. The molecule has 3 rings (SSSR count). The van der Waals surface area contributed by atoms with Crippen molar-refractivity contribution >= 4 is 0 Å². The number of aromatic hydroxyl groups is 2. The minimum absolute atomic E-state index is 0.119. The van der Waals surface area contributed by atoms with Crippen LogP contribution in [0.15, 0.2) is 46.2 Å². The molecule has 0 aliphatic heterocycles. The van der Waals surface area contributed by atoms with Crippen molar-refractivity contribution in [1.29, 1.82) is 0 Å². The van der Waals surface area contributed by atoms with E-state index in [0.717, 1.165) is 6.07 Å². The van der Waals surface area contributed by atoms with Gasteiger partial charge in [-0.1, -0.05) is 6.07 Å². The van der Waals surface area contributed by atoms with Crippen molar-refractivity contribution in [2.75, 3.05) is 0 Å². The van der Waals surface area contributed by atoms with Gasteiger partial charge < -0.3 is 19.3 Å². The summed E-state index contributed by atoms with van der Waals surface area (Å²) in [6.07, 6.45) is 3.18. The predicted molar refractivity (Wildman–Crippen MR) is 101 cm³/mol. The molecule has 0 spiro atoms. The third kappa shape index (κ3) is 3.01. The lowest BCUT2D eigenvalue weighted by molar-refractivity contribution is 0.451. The number of aryl methyl sites for hydroxylation is 1. The van der Waals surface area contributed by atoms with Crippen LogP contribution < -0.4 is 11.1 Å². The molecule has 0 aromatic carbocycles. The van der Waals surface area contributed by atoms with Gasteiger partial charge >= 0.3 is 0 Å². The summed E-state index contributed by atoms with van der Waals surface area (Å²) < 4.78 is 2.83. The highest BCUT2D eigenvalue weighted by molar-refractivity contribution is 5.53. The van der Waals surface area contributed by atoms with Crippen LogP contribution in [0, 0.1) is 13.8 Å². The molecule has 0 saturated carbocycles. The highest BCUT2D eigenvalue weighted by Crippen LogP contribution is 2.39. The maximum absolute atomic E-state index is 13.0. The van der Waals surface area contributed by atoms with E-state index in [0.29, 0.717) is 22.5 Å². The minimum Gasteiger partial charge on any atom is -0.507 e. The van der Waals surface area contributed by atoms with Gasteiger partial charge in [-0.05, 0) is 31.5 Å². The largest absolute Gasteiger partial charge is 0.507 e. The second-order valence-corrected chi connectivity index (χ2v) is 6.59. The molecule has 2 N–H and O–H groups in total. The van der Waals surface area contributed by atoms with Crippen molar-refractivity contribution in [3.05, 3.63) is 85.4 Å². The Morgan fingerprint density at radius 3 is 2.30 bits per heavy atom. The number of hydrogen-bond donors (Lipinski definition) is 2. The van der Waals surface area contributed by atoms with Gasteiger partial charge in [-0.15, -0.1) is 0 Å². The standard InChI is InChI=1S/C20H21N3O4/c1-11-8-14(24)19(20(27)22(11)3)18(13-6-5-7-21-10-13)17-12(2)23(4)16(26)9-15(17)25/h5-10,18,24-25H,1-4H3. The van der Waals surface area contributed by atoms with Crippen LogP contribution >= 0.6 is 0 Å². The van der Waals surface area contributed by atoms with E-state index in [1.165, 1.54) is 15.2 Å². The normalized spacial score (nSPS) is 12.1. The maximum Gasteiger partial charge on any atom is 0.258 e. The Labute approximate surface area is 155 Å². The van der Waals surface area contributed by atoms with E-state index >= 15 is 0 Å². The SMILES string of the molecule is Cc1c(C(c2cccnc2)c2c(O)cc(C)n(C)c2=O)c(O)cc(=O)n1C. The number of nitrogens with zero attached hydrogens (tertiary/aromatic N) is 3. The molecule has 0 radical (unpaired) electrons. The fourth-order valence-electron chi connectivity index (χ4n) is 3.30. The van der Waals surface area contributed by atoms with Crippen LogP contribution in [0.3, 0.4) is 0 Å². The third-order valence-corrected chi connectivity index (χ3v) is 5.04. The van der Waals surface area contributed by atoms with Gasteiger partial charge in [0.1, 0.15) is 11.5 Å². The summed E-state index contributed by atoms with van der Waals surface area (Å²) >= 11 is 0. The Balaban J connectivity index is 2.46. The highest BCUT2D eigenvalue weighted by Gasteiger charge is 2.29. The summed E-state index contributed by atoms with van der Waals surface area (Å²) in [4.78, 5) is 29.1. The van der Waals surface area contributed by atoms with Crippen LogP contribution in [0.25, 0.3) is 0 Å². The minimum atomic E-state index is -0.787. The lowest BCUT2D eigenvalue weighted by Gasteiger charge is -2.23. The molecule has 0 aliphatic carbocycles. The Hall–Kier alpha value is -3.35. The molecule has 0 amide bonds. The summed E-state index contributed by atoms with van der Waals surface area (Å²) in [5, 5.41) is 21.2. The average molecular weight is 367 g/mol. The Bertz CT molecular complexity index is 1130. The second-order valence-electron chi connectivity index (χ2n) is 6.59. The Morgan fingerprint density at radius 1 is 1.00 bits per heavy atom. The van der Waals surface area contributed by atoms with E-state index in [4.69, 9.17) is 0 Å². The van der Waals surface area contributed by atoms with Crippen LogP contribution in [-0.4, -0.2) is 24.3 Å². The van der Waals surface area contributed by atoms with Crippen LogP contribution in [-0.2, 0) is 14.1 Å². The number of pyridine rings is 3. The molecule has 27 heavy (non-hydrogen) atoms. The summed E-state index contributed by atoms with van der Waals surface area (Å²) in [5.41, 5.74) is 1.47. The van der Waals surface area contributed by atoms with Crippen LogP contribution in [0.5, 0.6) is 11.5 Å². The zero-order chi connectivity index (χ0) is 19.9. The van der Waals surface area contributed by atoms with Gasteiger partial charge in [0.25, 0.3) is 11.1 Å². The number of rotatable bonds is 3. The first-order valence-corrected chi connectivity index (χ1v) is 8.43. The van der Waals surface area contributed by atoms with E-state index < -0.39 is 5.92 Å². The van der Waals surface area contributed by atoms with Crippen molar-refractivity contribution in [2.24, 2.45) is 14.1 Å². The first-order valence-electron chi connectivity index (χ1n) is 8.43. The fraction of sp³-hybridized carbons (Fsp3) is 0.250. The quantitative estimate of drug-likeness (QED) is 0.734. The second kappa shape index (κ2) is 6.75. The van der Waals surface area contributed by atoms with E-state index in [-0.39, 0.29) is 28.2 Å². The van der Waals surface area contributed by atoms with E-state index in [9.17, 15) is 19.8 Å². The lowest BCUT2D eigenvalue weighted by Crippen LogP contribution is -2.28. The van der Waals surface area contributed by atoms with Gasteiger partial charge in [-0.3, -0.25) is 14.6 Å². The smallest absolute Gasteiger partial charge is 0.258 e. The average Bonchev–Trinajstić information content (AvgIpc) is 2.64. The topological polar surface area (TPSA) is 97.4 Å². The monoisotopic (exact) mass is 367 g/mol. The molecule has 1 unspecified atom stereocenters. The predicted octanol–water partition coefficient (Wildman–Crippen LogP) is 1.69. The fourth-order valence-corrected chi connectivity index (χ4v) is 3.30. The van der Waals surface area contributed by atoms with E-state index in [1.54, 1.807) is 52.5 Å². The van der Waals surface area contributed by atoms with Crippen molar-refractivity contribution < 1.29 is 10.2 Å². The molecule has 3 aromatic rings. The van der Waals surface area contributed by atoms with Gasteiger partial charge in [0.15, 0.2) is 0 Å². The molecule has 0 aliphatic rings. The summed E-state index contributed by atoms with van der Waals surface area (Å²) in [6, 6.07) is 6.10. The van der Waals surface area contributed by atoms with Gasteiger partial charge in [0.05, 0.1) is 11.5 Å². The first kappa shape index (κ1) is 18.4.